The quantitative estimate of drug-likeness (QED) is 0.897. The van der Waals surface area contributed by atoms with Crippen LogP contribution in [0.15, 0.2) is 30.6 Å². The zero-order chi connectivity index (χ0) is 17.8. The van der Waals surface area contributed by atoms with Crippen molar-refractivity contribution < 1.29 is 5.11 Å². The number of anilines is 1. The number of pyridine rings is 1. The predicted octanol–water partition coefficient (Wildman–Crippen LogP) is 1.99. The number of hydrogen-bond acceptors (Lipinski definition) is 6. The van der Waals surface area contributed by atoms with E-state index in [1.807, 2.05) is 19.1 Å². The highest BCUT2D eigenvalue weighted by Gasteiger charge is 2.26. The van der Waals surface area contributed by atoms with Gasteiger partial charge in [0.1, 0.15) is 5.82 Å². The van der Waals surface area contributed by atoms with Crippen LogP contribution in [0.2, 0.25) is 0 Å². The molecule has 0 amide bonds. The van der Waals surface area contributed by atoms with Crippen molar-refractivity contribution in [2.45, 2.75) is 39.3 Å². The van der Waals surface area contributed by atoms with Crippen LogP contribution in [-0.4, -0.2) is 63.3 Å². The molecule has 2 aromatic heterocycles. The molecule has 1 aliphatic rings. The Bertz CT molecular complexity index is 691. The number of nitrogens with zero attached hydrogens (tertiary/aromatic N) is 5. The third kappa shape index (κ3) is 4.32. The van der Waals surface area contributed by atoms with Crippen molar-refractivity contribution in [1.29, 1.82) is 0 Å². The van der Waals surface area contributed by atoms with Gasteiger partial charge in [-0.3, -0.25) is 9.88 Å². The molecular formula is C19H27N5O. The fraction of sp³-hybridized carbons (Fsp3) is 0.526. The fourth-order valence-electron chi connectivity index (χ4n) is 3.35. The van der Waals surface area contributed by atoms with E-state index in [0.717, 1.165) is 55.5 Å². The average molecular weight is 341 g/mol. The molecule has 1 N–H and O–H groups in total. The monoisotopic (exact) mass is 341 g/mol. The maximum atomic E-state index is 9.62. The van der Waals surface area contributed by atoms with Gasteiger partial charge in [0, 0.05) is 61.9 Å². The second-order valence-corrected chi connectivity index (χ2v) is 6.78. The topological polar surface area (TPSA) is 65.4 Å². The van der Waals surface area contributed by atoms with Crippen LogP contribution in [0.3, 0.4) is 0 Å². The van der Waals surface area contributed by atoms with Gasteiger partial charge in [0.2, 0.25) is 0 Å². The van der Waals surface area contributed by atoms with Gasteiger partial charge in [-0.1, -0.05) is 6.92 Å². The molecule has 0 spiro atoms. The Morgan fingerprint density at radius 3 is 2.64 bits per heavy atom. The van der Waals surface area contributed by atoms with Crippen molar-refractivity contribution in [3.8, 4) is 11.4 Å². The molecule has 1 fully saturated rings. The van der Waals surface area contributed by atoms with E-state index in [2.05, 4.69) is 39.7 Å². The van der Waals surface area contributed by atoms with Crippen LogP contribution in [0, 0.1) is 0 Å². The fourth-order valence-corrected chi connectivity index (χ4v) is 3.35. The van der Waals surface area contributed by atoms with Crippen LogP contribution in [0.1, 0.15) is 26.5 Å². The van der Waals surface area contributed by atoms with Crippen LogP contribution in [0.25, 0.3) is 11.4 Å². The molecule has 0 saturated carbocycles. The first-order valence-electron chi connectivity index (χ1n) is 9.02. The molecule has 1 saturated heterocycles. The van der Waals surface area contributed by atoms with Crippen LogP contribution < -0.4 is 4.90 Å². The summed E-state index contributed by atoms with van der Waals surface area (Å²) in [7, 11) is 0. The smallest absolute Gasteiger partial charge is 0.161 e. The second-order valence-electron chi connectivity index (χ2n) is 6.78. The first-order chi connectivity index (χ1) is 12.1. The summed E-state index contributed by atoms with van der Waals surface area (Å²) in [5.74, 6) is 1.75. The molecule has 2 aromatic rings. The van der Waals surface area contributed by atoms with Gasteiger partial charge in [0.25, 0.3) is 0 Å². The van der Waals surface area contributed by atoms with E-state index in [4.69, 9.17) is 4.98 Å². The summed E-state index contributed by atoms with van der Waals surface area (Å²) in [5.41, 5.74) is 2.04. The minimum Gasteiger partial charge on any atom is -0.392 e. The van der Waals surface area contributed by atoms with Gasteiger partial charge in [-0.05, 0) is 32.4 Å². The molecule has 0 radical (unpaired) electrons. The lowest BCUT2D eigenvalue weighted by Crippen LogP contribution is -2.53. The molecule has 2 unspecified atom stereocenters. The number of hydrogen-bond donors (Lipinski definition) is 1. The van der Waals surface area contributed by atoms with Gasteiger partial charge in [-0.25, -0.2) is 9.97 Å². The Balaban J connectivity index is 1.85. The number of rotatable bonds is 5. The molecule has 6 heteroatoms. The lowest BCUT2D eigenvalue weighted by atomic mass is 10.1. The van der Waals surface area contributed by atoms with E-state index in [1.165, 1.54) is 0 Å². The van der Waals surface area contributed by atoms with E-state index in [-0.39, 0.29) is 6.10 Å². The lowest BCUT2D eigenvalue weighted by molar-refractivity contribution is 0.114. The van der Waals surface area contributed by atoms with Crippen molar-refractivity contribution in [3.63, 3.8) is 0 Å². The highest BCUT2D eigenvalue weighted by molar-refractivity contribution is 5.57. The summed E-state index contributed by atoms with van der Waals surface area (Å²) >= 11 is 0. The molecule has 0 bridgehead atoms. The molecule has 3 rings (SSSR count). The van der Waals surface area contributed by atoms with Gasteiger partial charge < -0.3 is 10.0 Å². The lowest BCUT2D eigenvalue weighted by Gasteiger charge is -2.41. The normalized spacial score (nSPS) is 19.8. The molecule has 0 aromatic carbocycles. The zero-order valence-electron chi connectivity index (χ0n) is 15.3. The van der Waals surface area contributed by atoms with Crippen molar-refractivity contribution in [2.75, 3.05) is 31.1 Å². The Morgan fingerprint density at radius 1 is 1.24 bits per heavy atom. The van der Waals surface area contributed by atoms with Gasteiger partial charge >= 0.3 is 0 Å². The zero-order valence-corrected chi connectivity index (χ0v) is 15.3. The molecule has 1 aliphatic heterocycles. The van der Waals surface area contributed by atoms with Crippen molar-refractivity contribution in [3.05, 3.63) is 36.3 Å². The summed E-state index contributed by atoms with van der Waals surface area (Å²) in [4.78, 5) is 18.3. The maximum absolute atomic E-state index is 9.62. The van der Waals surface area contributed by atoms with Crippen molar-refractivity contribution in [1.82, 2.24) is 19.9 Å². The van der Waals surface area contributed by atoms with Crippen LogP contribution in [0.5, 0.6) is 0 Å². The Kier molecular flexibility index (Phi) is 5.60. The van der Waals surface area contributed by atoms with Crippen LogP contribution in [-0.2, 0) is 6.42 Å². The van der Waals surface area contributed by atoms with E-state index < -0.39 is 0 Å². The molecule has 0 aliphatic carbocycles. The number of aliphatic hydroxyl groups excluding tert-OH is 1. The minimum absolute atomic E-state index is 0.289. The predicted molar refractivity (Wildman–Crippen MR) is 99.6 cm³/mol. The summed E-state index contributed by atoms with van der Waals surface area (Å²) in [6, 6.07) is 6.34. The highest BCUT2D eigenvalue weighted by atomic mass is 16.3. The van der Waals surface area contributed by atoms with E-state index >= 15 is 0 Å². The first-order valence-corrected chi connectivity index (χ1v) is 9.02. The molecular weight excluding hydrogens is 314 g/mol. The van der Waals surface area contributed by atoms with Gasteiger partial charge in [-0.2, -0.15) is 0 Å². The van der Waals surface area contributed by atoms with E-state index in [1.54, 1.807) is 12.4 Å². The number of aryl methyl sites for hydroxylation is 1. The number of piperazine rings is 1. The van der Waals surface area contributed by atoms with Gasteiger partial charge in [-0.15, -0.1) is 0 Å². The number of aliphatic hydroxyl groups is 1. The molecule has 134 valence electrons. The Hall–Kier alpha value is -2.05. The third-order valence-electron chi connectivity index (χ3n) is 4.59. The number of aromatic nitrogens is 3. The minimum atomic E-state index is -0.289. The molecule has 3 heterocycles. The standard InChI is InChI=1S/C19H27N5O/c1-4-17-11-18(22-19(21-17)16-5-7-20-8-6-16)24-10-9-23(12-14(24)2)13-15(3)25/h5-8,11,14-15,25H,4,9-10,12-13H2,1-3H3. The SMILES string of the molecule is CCc1cc(N2CCN(CC(C)O)CC2C)nc(-c2ccncc2)n1. The molecule has 25 heavy (non-hydrogen) atoms. The Morgan fingerprint density at radius 2 is 2.00 bits per heavy atom. The molecule has 2 atom stereocenters. The Labute approximate surface area is 149 Å². The van der Waals surface area contributed by atoms with Crippen LogP contribution >= 0.6 is 0 Å². The van der Waals surface area contributed by atoms with Gasteiger partial charge in [0.15, 0.2) is 5.82 Å². The van der Waals surface area contributed by atoms with E-state index in [0.29, 0.717) is 6.04 Å². The first kappa shape index (κ1) is 17.8. The average Bonchev–Trinajstić information content (AvgIpc) is 2.61. The highest BCUT2D eigenvalue weighted by Crippen LogP contribution is 2.23. The van der Waals surface area contributed by atoms with Gasteiger partial charge in [0.05, 0.1) is 6.10 Å². The van der Waals surface area contributed by atoms with Crippen molar-refractivity contribution in [2.24, 2.45) is 0 Å². The third-order valence-corrected chi connectivity index (χ3v) is 4.59. The maximum Gasteiger partial charge on any atom is 0.161 e. The second kappa shape index (κ2) is 7.89. The number of β-amino-alcohol motifs (C(OH)–C–C–N with tert-alkyl or cyclic N) is 1. The van der Waals surface area contributed by atoms with Crippen molar-refractivity contribution >= 4 is 5.82 Å². The van der Waals surface area contributed by atoms with E-state index in [9.17, 15) is 5.11 Å². The molecule has 6 nitrogen and oxygen atoms in total. The summed E-state index contributed by atoms with van der Waals surface area (Å²) in [5, 5.41) is 9.62. The summed E-state index contributed by atoms with van der Waals surface area (Å²) < 4.78 is 0. The summed E-state index contributed by atoms with van der Waals surface area (Å²) in [6.07, 6.45) is 4.13. The van der Waals surface area contributed by atoms with Crippen LogP contribution in [0.4, 0.5) is 5.82 Å². The summed E-state index contributed by atoms with van der Waals surface area (Å²) in [6.45, 7) is 9.68. The largest absolute Gasteiger partial charge is 0.392 e.